The Kier molecular flexibility index (Phi) is 3.15. The maximum absolute atomic E-state index is 3.66. The first kappa shape index (κ1) is 11.4. The third kappa shape index (κ3) is 1.92. The molecule has 0 fully saturated rings. The van der Waals surface area contributed by atoms with Gasteiger partial charge in [0.1, 0.15) is 0 Å². The van der Waals surface area contributed by atoms with Crippen LogP contribution >= 0.6 is 15.9 Å². The number of benzene rings is 2. The third-order valence-corrected chi connectivity index (χ3v) is 4.16. The molecule has 16 heavy (non-hydrogen) atoms. The molecule has 0 aliphatic heterocycles. The van der Waals surface area contributed by atoms with E-state index in [2.05, 4.69) is 73.1 Å². The van der Waals surface area contributed by atoms with Crippen molar-refractivity contribution in [3.8, 4) is 11.1 Å². The topological polar surface area (TPSA) is 0 Å². The summed E-state index contributed by atoms with van der Waals surface area (Å²) in [7, 11) is 0. The molecule has 0 saturated carbocycles. The standard InChI is InChI=1S/C15H15Br/c1-10-9-11(2)15(16)12(3)14(10)13-7-5-4-6-8-13/h4-9H,1-3H3. The first-order valence-electron chi connectivity index (χ1n) is 5.43. The summed E-state index contributed by atoms with van der Waals surface area (Å²) in [5.41, 5.74) is 6.60. The van der Waals surface area contributed by atoms with Gasteiger partial charge in [0.25, 0.3) is 0 Å². The second-order valence-corrected chi connectivity index (χ2v) is 4.98. The highest BCUT2D eigenvalue weighted by molar-refractivity contribution is 9.10. The number of hydrogen-bond donors (Lipinski definition) is 0. The van der Waals surface area contributed by atoms with E-state index in [-0.39, 0.29) is 0 Å². The van der Waals surface area contributed by atoms with Gasteiger partial charge in [0, 0.05) is 4.47 Å². The molecule has 2 aromatic carbocycles. The molecule has 0 atom stereocenters. The van der Waals surface area contributed by atoms with Gasteiger partial charge in [0.15, 0.2) is 0 Å². The van der Waals surface area contributed by atoms with E-state index in [1.54, 1.807) is 0 Å². The van der Waals surface area contributed by atoms with Gasteiger partial charge >= 0.3 is 0 Å². The van der Waals surface area contributed by atoms with Gasteiger partial charge in [0.2, 0.25) is 0 Å². The zero-order chi connectivity index (χ0) is 11.7. The molecule has 0 aliphatic rings. The van der Waals surface area contributed by atoms with Crippen molar-refractivity contribution in [2.45, 2.75) is 20.8 Å². The molecule has 0 nitrogen and oxygen atoms in total. The molecule has 1 heteroatoms. The average Bonchev–Trinajstić information content (AvgIpc) is 2.28. The monoisotopic (exact) mass is 274 g/mol. The Morgan fingerprint density at radius 1 is 0.875 bits per heavy atom. The predicted molar refractivity (Wildman–Crippen MR) is 73.8 cm³/mol. The van der Waals surface area contributed by atoms with Crippen LogP contribution in [0.2, 0.25) is 0 Å². The average molecular weight is 275 g/mol. The Bertz CT molecular complexity index is 513. The maximum atomic E-state index is 3.66. The van der Waals surface area contributed by atoms with Crippen molar-refractivity contribution in [1.29, 1.82) is 0 Å². The molecular weight excluding hydrogens is 260 g/mol. The third-order valence-electron chi connectivity index (χ3n) is 2.94. The van der Waals surface area contributed by atoms with Gasteiger partial charge < -0.3 is 0 Å². The minimum Gasteiger partial charge on any atom is -0.0622 e. The molecular formula is C15H15Br. The largest absolute Gasteiger partial charge is 0.0622 e. The van der Waals surface area contributed by atoms with Crippen molar-refractivity contribution in [1.82, 2.24) is 0 Å². The summed E-state index contributed by atoms with van der Waals surface area (Å²) in [5.74, 6) is 0. The SMILES string of the molecule is Cc1cc(C)c(-c2ccccc2)c(C)c1Br. The van der Waals surface area contributed by atoms with E-state index in [4.69, 9.17) is 0 Å². The summed E-state index contributed by atoms with van der Waals surface area (Å²) < 4.78 is 1.22. The molecule has 0 aromatic heterocycles. The van der Waals surface area contributed by atoms with Gasteiger partial charge in [-0.05, 0) is 48.6 Å². The van der Waals surface area contributed by atoms with E-state index >= 15 is 0 Å². The van der Waals surface area contributed by atoms with Crippen LogP contribution < -0.4 is 0 Å². The fourth-order valence-electron chi connectivity index (χ4n) is 2.21. The van der Waals surface area contributed by atoms with Gasteiger partial charge in [0.05, 0.1) is 0 Å². The number of halogens is 1. The summed E-state index contributed by atoms with van der Waals surface area (Å²) in [6.07, 6.45) is 0. The molecule has 0 radical (unpaired) electrons. The molecule has 0 unspecified atom stereocenters. The zero-order valence-electron chi connectivity index (χ0n) is 9.84. The van der Waals surface area contributed by atoms with Crippen molar-refractivity contribution in [3.05, 3.63) is 57.6 Å². The highest BCUT2D eigenvalue weighted by Crippen LogP contribution is 2.33. The fraction of sp³-hybridized carbons (Fsp3) is 0.200. The van der Waals surface area contributed by atoms with Crippen molar-refractivity contribution in [2.24, 2.45) is 0 Å². The summed E-state index contributed by atoms with van der Waals surface area (Å²) in [5, 5.41) is 0. The van der Waals surface area contributed by atoms with Gasteiger partial charge in [-0.1, -0.05) is 52.3 Å². The first-order valence-corrected chi connectivity index (χ1v) is 6.22. The number of aryl methyl sites for hydroxylation is 2. The first-order chi connectivity index (χ1) is 7.61. The molecule has 0 aliphatic carbocycles. The predicted octanol–water partition coefficient (Wildman–Crippen LogP) is 5.04. The lowest BCUT2D eigenvalue weighted by molar-refractivity contribution is 1.29. The van der Waals surface area contributed by atoms with Crippen LogP contribution in [0.4, 0.5) is 0 Å². The lowest BCUT2D eigenvalue weighted by atomic mass is 9.94. The maximum Gasteiger partial charge on any atom is 0.0240 e. The number of rotatable bonds is 1. The van der Waals surface area contributed by atoms with Crippen LogP contribution in [0.25, 0.3) is 11.1 Å². The second kappa shape index (κ2) is 4.42. The Morgan fingerprint density at radius 3 is 2.12 bits per heavy atom. The summed E-state index contributed by atoms with van der Waals surface area (Å²) in [4.78, 5) is 0. The summed E-state index contributed by atoms with van der Waals surface area (Å²) in [6, 6.07) is 12.8. The molecule has 0 N–H and O–H groups in total. The smallest absolute Gasteiger partial charge is 0.0240 e. The highest BCUT2D eigenvalue weighted by atomic mass is 79.9. The molecule has 82 valence electrons. The lowest BCUT2D eigenvalue weighted by Gasteiger charge is -2.14. The van der Waals surface area contributed by atoms with Crippen molar-refractivity contribution < 1.29 is 0 Å². The second-order valence-electron chi connectivity index (χ2n) is 4.19. The van der Waals surface area contributed by atoms with Crippen LogP contribution in [0.15, 0.2) is 40.9 Å². The van der Waals surface area contributed by atoms with E-state index in [9.17, 15) is 0 Å². The molecule has 0 amide bonds. The van der Waals surface area contributed by atoms with Gasteiger partial charge in [-0.3, -0.25) is 0 Å². The molecule has 0 saturated heterocycles. The van der Waals surface area contributed by atoms with E-state index in [1.165, 1.54) is 32.3 Å². The molecule has 0 spiro atoms. The minimum atomic E-state index is 1.22. The van der Waals surface area contributed by atoms with Gasteiger partial charge in [-0.2, -0.15) is 0 Å². The van der Waals surface area contributed by atoms with E-state index < -0.39 is 0 Å². The van der Waals surface area contributed by atoms with Crippen LogP contribution in [0, 0.1) is 20.8 Å². The van der Waals surface area contributed by atoms with Crippen LogP contribution in [-0.2, 0) is 0 Å². The molecule has 2 rings (SSSR count). The van der Waals surface area contributed by atoms with E-state index in [0.717, 1.165) is 0 Å². The molecule has 0 bridgehead atoms. The van der Waals surface area contributed by atoms with Crippen LogP contribution in [-0.4, -0.2) is 0 Å². The highest BCUT2D eigenvalue weighted by Gasteiger charge is 2.10. The zero-order valence-corrected chi connectivity index (χ0v) is 11.4. The van der Waals surface area contributed by atoms with E-state index in [1.807, 2.05) is 0 Å². The van der Waals surface area contributed by atoms with Crippen molar-refractivity contribution in [3.63, 3.8) is 0 Å². The Hall–Kier alpha value is -1.08. The minimum absolute atomic E-state index is 1.22. The van der Waals surface area contributed by atoms with Gasteiger partial charge in [-0.15, -0.1) is 0 Å². The van der Waals surface area contributed by atoms with E-state index in [0.29, 0.717) is 0 Å². The normalized spacial score (nSPS) is 10.5. The van der Waals surface area contributed by atoms with Crippen LogP contribution in [0.3, 0.4) is 0 Å². The molecule has 0 heterocycles. The van der Waals surface area contributed by atoms with Crippen LogP contribution in [0.1, 0.15) is 16.7 Å². The fourth-order valence-corrected chi connectivity index (χ4v) is 2.52. The van der Waals surface area contributed by atoms with Crippen molar-refractivity contribution in [2.75, 3.05) is 0 Å². The quantitative estimate of drug-likeness (QED) is 0.683. The summed E-state index contributed by atoms with van der Waals surface area (Å²) in [6.45, 7) is 6.49. The van der Waals surface area contributed by atoms with Crippen LogP contribution in [0.5, 0.6) is 0 Å². The van der Waals surface area contributed by atoms with Crippen molar-refractivity contribution >= 4 is 15.9 Å². The Labute approximate surface area is 105 Å². The Balaban J connectivity index is 2.71. The number of hydrogen-bond acceptors (Lipinski definition) is 0. The summed E-state index contributed by atoms with van der Waals surface area (Å²) >= 11 is 3.66. The lowest BCUT2D eigenvalue weighted by Crippen LogP contribution is -1.92. The van der Waals surface area contributed by atoms with Gasteiger partial charge in [-0.25, -0.2) is 0 Å². The Morgan fingerprint density at radius 2 is 1.50 bits per heavy atom. The molecule has 2 aromatic rings.